The number of ketones is 1. The zero-order valence-corrected chi connectivity index (χ0v) is 18.6. The second-order valence-electron chi connectivity index (χ2n) is 8.24. The van der Waals surface area contributed by atoms with Crippen LogP contribution in [-0.4, -0.2) is 29.5 Å². The molecular weight excluding hydrogens is 437 g/mol. The number of rotatable bonds is 6. The van der Waals surface area contributed by atoms with E-state index in [4.69, 9.17) is 0 Å². The predicted octanol–water partition coefficient (Wildman–Crippen LogP) is 3.95. The number of fused-ring (bicyclic) bond motifs is 1. The molecule has 0 aliphatic carbocycles. The lowest BCUT2D eigenvalue weighted by atomic mass is 10.1. The van der Waals surface area contributed by atoms with Gasteiger partial charge in [0, 0.05) is 22.9 Å². The Morgan fingerprint density at radius 1 is 0.882 bits per heavy atom. The van der Waals surface area contributed by atoms with E-state index in [0.29, 0.717) is 16.9 Å². The van der Waals surface area contributed by atoms with Gasteiger partial charge in [-0.25, -0.2) is 4.39 Å². The van der Waals surface area contributed by atoms with Gasteiger partial charge in [0.25, 0.3) is 23.5 Å². The van der Waals surface area contributed by atoms with Crippen LogP contribution in [0.3, 0.4) is 0 Å². The molecule has 3 amide bonds. The third kappa shape index (κ3) is 4.71. The molecule has 0 atom stereocenters. The van der Waals surface area contributed by atoms with Gasteiger partial charge in [-0.1, -0.05) is 12.1 Å². The Morgan fingerprint density at radius 3 is 2.15 bits per heavy atom. The van der Waals surface area contributed by atoms with Crippen LogP contribution in [0, 0.1) is 5.82 Å². The van der Waals surface area contributed by atoms with Gasteiger partial charge in [-0.2, -0.15) is 0 Å². The van der Waals surface area contributed by atoms with Crippen molar-refractivity contribution in [3.05, 3.63) is 94.8 Å². The number of Topliss-reactive ketones (excluding diaryl/α,β-unsaturated/α-hetero) is 1. The molecule has 172 valence electrons. The molecule has 8 heteroatoms. The molecule has 1 aliphatic heterocycles. The molecule has 0 saturated heterocycles. The fraction of sp³-hybridized carbons (Fsp3) is 0.154. The normalized spacial score (nSPS) is 12.6. The van der Waals surface area contributed by atoms with Gasteiger partial charge in [-0.05, 0) is 74.0 Å². The Kier molecular flexibility index (Phi) is 6.23. The Morgan fingerprint density at radius 2 is 1.50 bits per heavy atom. The lowest BCUT2D eigenvalue weighted by molar-refractivity contribution is -0.114. The first-order valence-corrected chi connectivity index (χ1v) is 10.7. The van der Waals surface area contributed by atoms with E-state index < -0.39 is 23.4 Å². The number of hydrogen-bond acceptors (Lipinski definition) is 4. The van der Waals surface area contributed by atoms with E-state index in [1.807, 2.05) is 13.8 Å². The van der Waals surface area contributed by atoms with E-state index in [0.717, 1.165) is 5.56 Å². The first-order valence-electron chi connectivity index (χ1n) is 10.7. The van der Waals surface area contributed by atoms with Crippen molar-refractivity contribution in [2.24, 2.45) is 0 Å². The fourth-order valence-corrected chi connectivity index (χ4v) is 3.63. The van der Waals surface area contributed by atoms with Crippen molar-refractivity contribution in [2.45, 2.75) is 26.4 Å². The van der Waals surface area contributed by atoms with Crippen LogP contribution in [0.15, 0.2) is 66.7 Å². The van der Waals surface area contributed by atoms with Crippen molar-refractivity contribution < 1.29 is 23.6 Å². The molecule has 2 N–H and O–H groups in total. The Balaban J connectivity index is 1.50. The Hall–Kier alpha value is -4.33. The summed E-state index contributed by atoms with van der Waals surface area (Å²) >= 11 is 0. The number of benzene rings is 3. The molecule has 34 heavy (non-hydrogen) atoms. The second-order valence-corrected chi connectivity index (χ2v) is 8.24. The number of hydrogen-bond donors (Lipinski definition) is 2. The first kappa shape index (κ1) is 22.8. The molecule has 0 radical (unpaired) electrons. The van der Waals surface area contributed by atoms with Crippen molar-refractivity contribution in [1.82, 2.24) is 5.32 Å². The molecule has 0 fully saturated rings. The standard InChI is InChI=1S/C26H22FN3O4/c1-15(2)28-24(32)17-5-3-16(4-6-17)14-30-22-12-11-20(13-21(22)23(31)26(30)34)29-25(33)18-7-9-19(27)10-8-18/h3-13,15H,14H2,1-2H3,(H,28,32)(H,29,33). The van der Waals surface area contributed by atoms with Crippen molar-refractivity contribution >= 4 is 34.9 Å². The zero-order valence-electron chi connectivity index (χ0n) is 18.6. The Labute approximate surface area is 195 Å². The van der Waals surface area contributed by atoms with Crippen molar-refractivity contribution in [2.75, 3.05) is 10.2 Å². The molecule has 3 aromatic rings. The minimum absolute atomic E-state index is 0.0160. The van der Waals surface area contributed by atoms with Crippen LogP contribution in [0.1, 0.15) is 50.5 Å². The predicted molar refractivity (Wildman–Crippen MR) is 125 cm³/mol. The van der Waals surface area contributed by atoms with Crippen LogP contribution in [0.25, 0.3) is 0 Å². The van der Waals surface area contributed by atoms with Crippen molar-refractivity contribution in [3.63, 3.8) is 0 Å². The molecule has 1 aliphatic rings. The van der Waals surface area contributed by atoms with Crippen LogP contribution < -0.4 is 15.5 Å². The zero-order chi connectivity index (χ0) is 24.4. The first-order chi connectivity index (χ1) is 16.2. The minimum Gasteiger partial charge on any atom is -0.350 e. The minimum atomic E-state index is -0.668. The molecule has 7 nitrogen and oxygen atoms in total. The third-order valence-electron chi connectivity index (χ3n) is 5.31. The molecular formula is C26H22FN3O4. The summed E-state index contributed by atoms with van der Waals surface area (Å²) in [7, 11) is 0. The number of nitrogens with zero attached hydrogens (tertiary/aromatic N) is 1. The summed E-state index contributed by atoms with van der Waals surface area (Å²) in [5.41, 5.74) is 2.49. The second kappa shape index (κ2) is 9.27. The highest BCUT2D eigenvalue weighted by Crippen LogP contribution is 2.32. The fourth-order valence-electron chi connectivity index (χ4n) is 3.63. The van der Waals surface area contributed by atoms with Gasteiger partial charge >= 0.3 is 0 Å². The maximum absolute atomic E-state index is 13.1. The highest BCUT2D eigenvalue weighted by atomic mass is 19.1. The smallest absolute Gasteiger partial charge is 0.299 e. The average molecular weight is 459 g/mol. The molecule has 3 aromatic carbocycles. The van der Waals surface area contributed by atoms with Crippen LogP contribution in [0.5, 0.6) is 0 Å². The number of nitrogens with one attached hydrogen (secondary N) is 2. The number of anilines is 2. The summed E-state index contributed by atoms with van der Waals surface area (Å²) in [5, 5.41) is 5.47. The van der Waals surface area contributed by atoms with Gasteiger partial charge in [0.2, 0.25) is 0 Å². The quantitative estimate of drug-likeness (QED) is 0.546. The van der Waals surface area contributed by atoms with E-state index in [1.165, 1.54) is 35.2 Å². The van der Waals surface area contributed by atoms with Gasteiger partial charge in [-0.3, -0.25) is 19.2 Å². The monoisotopic (exact) mass is 459 g/mol. The third-order valence-corrected chi connectivity index (χ3v) is 5.31. The lowest BCUT2D eigenvalue weighted by Gasteiger charge is -2.17. The average Bonchev–Trinajstić information content (AvgIpc) is 3.04. The van der Waals surface area contributed by atoms with Crippen molar-refractivity contribution in [1.29, 1.82) is 0 Å². The number of carbonyl (C=O) groups is 4. The highest BCUT2D eigenvalue weighted by Gasteiger charge is 2.36. The summed E-state index contributed by atoms with van der Waals surface area (Å²) < 4.78 is 13.1. The van der Waals surface area contributed by atoms with Crippen LogP contribution in [0.4, 0.5) is 15.8 Å². The highest BCUT2D eigenvalue weighted by molar-refractivity contribution is 6.52. The molecule has 0 aromatic heterocycles. The maximum atomic E-state index is 13.1. The Bertz CT molecular complexity index is 1280. The maximum Gasteiger partial charge on any atom is 0.299 e. The molecule has 0 bridgehead atoms. The van der Waals surface area contributed by atoms with Crippen LogP contribution >= 0.6 is 0 Å². The molecule has 1 heterocycles. The topological polar surface area (TPSA) is 95.6 Å². The van der Waals surface area contributed by atoms with Gasteiger partial charge in [-0.15, -0.1) is 0 Å². The molecule has 0 saturated carbocycles. The molecule has 0 spiro atoms. The van der Waals surface area contributed by atoms with E-state index in [2.05, 4.69) is 10.6 Å². The lowest BCUT2D eigenvalue weighted by Crippen LogP contribution is -2.30. The van der Waals surface area contributed by atoms with Gasteiger partial charge in [0.05, 0.1) is 17.8 Å². The van der Waals surface area contributed by atoms with E-state index in [9.17, 15) is 23.6 Å². The van der Waals surface area contributed by atoms with Gasteiger partial charge in [0.15, 0.2) is 0 Å². The summed E-state index contributed by atoms with van der Waals surface area (Å²) in [5.74, 6) is -2.43. The number of carbonyl (C=O) groups excluding carboxylic acids is 4. The van der Waals surface area contributed by atoms with E-state index in [-0.39, 0.29) is 29.6 Å². The van der Waals surface area contributed by atoms with Crippen LogP contribution in [0.2, 0.25) is 0 Å². The largest absolute Gasteiger partial charge is 0.350 e. The van der Waals surface area contributed by atoms with E-state index >= 15 is 0 Å². The SMILES string of the molecule is CC(C)NC(=O)c1ccc(CN2C(=O)C(=O)c3cc(NC(=O)c4ccc(F)cc4)ccc32)cc1. The van der Waals surface area contributed by atoms with Gasteiger partial charge in [0.1, 0.15) is 5.82 Å². The summed E-state index contributed by atoms with van der Waals surface area (Å²) in [4.78, 5) is 51.1. The molecule has 4 rings (SSSR count). The summed E-state index contributed by atoms with van der Waals surface area (Å²) in [6.07, 6.45) is 0. The van der Waals surface area contributed by atoms with E-state index in [1.54, 1.807) is 36.4 Å². The van der Waals surface area contributed by atoms with Gasteiger partial charge < -0.3 is 15.5 Å². The number of amides is 3. The van der Waals surface area contributed by atoms with Crippen LogP contribution in [-0.2, 0) is 11.3 Å². The molecule has 0 unspecified atom stereocenters. The summed E-state index contributed by atoms with van der Waals surface area (Å²) in [6.45, 7) is 3.91. The van der Waals surface area contributed by atoms with Crippen molar-refractivity contribution in [3.8, 4) is 0 Å². The summed E-state index contributed by atoms with van der Waals surface area (Å²) in [6, 6.07) is 16.6. The number of halogens is 1.